The first kappa shape index (κ1) is 22.3. The second-order valence-electron chi connectivity index (χ2n) is 7.95. The number of rotatable bonds is 5. The van der Waals surface area contributed by atoms with E-state index in [0.29, 0.717) is 16.3 Å². The fourth-order valence-electron chi connectivity index (χ4n) is 2.90. The van der Waals surface area contributed by atoms with Crippen molar-refractivity contribution in [3.05, 3.63) is 58.8 Å². The predicted octanol–water partition coefficient (Wildman–Crippen LogP) is 5.15. The van der Waals surface area contributed by atoms with Crippen molar-refractivity contribution in [2.45, 2.75) is 30.4 Å². The second-order valence-corrected chi connectivity index (χ2v) is 11.8. The number of nitrogens with one attached hydrogen (secondary N) is 1. The molecular weight excluding hydrogens is 469 g/mol. The number of halogens is 1. The number of nitrogen functional groups attached to an aromatic ring is 1. The molecule has 3 N–H and O–H groups in total. The molecule has 0 spiro atoms. The van der Waals surface area contributed by atoms with Crippen LogP contribution in [0.15, 0.2) is 52.2 Å². The van der Waals surface area contributed by atoms with Crippen LogP contribution in [0.3, 0.4) is 0 Å². The molecule has 1 aromatic carbocycles. The van der Waals surface area contributed by atoms with Crippen molar-refractivity contribution >= 4 is 44.3 Å². The number of anilines is 2. The number of nitrogens with zero attached hydrogens (tertiary/aromatic N) is 3. The van der Waals surface area contributed by atoms with E-state index < -0.39 is 15.8 Å². The van der Waals surface area contributed by atoms with Gasteiger partial charge in [0.15, 0.2) is 5.82 Å². The van der Waals surface area contributed by atoms with E-state index in [2.05, 4.69) is 14.7 Å². The van der Waals surface area contributed by atoms with E-state index in [4.69, 9.17) is 10.7 Å². The Balaban J connectivity index is 1.85. The van der Waals surface area contributed by atoms with Crippen molar-refractivity contribution in [3.63, 3.8) is 0 Å². The third-order valence-electron chi connectivity index (χ3n) is 4.43. The minimum Gasteiger partial charge on any atom is -0.368 e. The van der Waals surface area contributed by atoms with Gasteiger partial charge in [0.2, 0.25) is 5.95 Å². The average Bonchev–Trinajstić information content (AvgIpc) is 3.40. The summed E-state index contributed by atoms with van der Waals surface area (Å²) in [4.78, 5) is 13.5. The van der Waals surface area contributed by atoms with Crippen LogP contribution in [0.5, 0.6) is 0 Å². The lowest BCUT2D eigenvalue weighted by molar-refractivity contribution is 0.585. The molecule has 0 aliphatic rings. The maximum atomic E-state index is 15.6. The smallest absolute Gasteiger partial charge is 0.271 e. The summed E-state index contributed by atoms with van der Waals surface area (Å²) in [6.07, 6.45) is 1.53. The van der Waals surface area contributed by atoms with Gasteiger partial charge >= 0.3 is 0 Å². The lowest BCUT2D eigenvalue weighted by Crippen LogP contribution is -2.13. The lowest BCUT2D eigenvalue weighted by Gasteiger charge is -2.13. The van der Waals surface area contributed by atoms with Gasteiger partial charge in [0.05, 0.1) is 27.0 Å². The predicted molar refractivity (Wildman–Crippen MR) is 127 cm³/mol. The molecule has 0 saturated heterocycles. The van der Waals surface area contributed by atoms with Crippen LogP contribution in [0.25, 0.3) is 21.8 Å². The highest BCUT2D eigenvalue weighted by Crippen LogP contribution is 2.42. The van der Waals surface area contributed by atoms with Gasteiger partial charge in [-0.25, -0.2) is 27.8 Å². The van der Waals surface area contributed by atoms with Crippen molar-refractivity contribution in [1.82, 2.24) is 15.0 Å². The molecule has 0 amide bonds. The molecule has 3 heterocycles. The Morgan fingerprint density at radius 3 is 2.53 bits per heavy atom. The van der Waals surface area contributed by atoms with E-state index in [-0.39, 0.29) is 26.8 Å². The summed E-state index contributed by atoms with van der Waals surface area (Å²) in [5.41, 5.74) is 6.36. The number of aromatic nitrogens is 3. The monoisotopic (exact) mass is 489 g/mol. The van der Waals surface area contributed by atoms with Gasteiger partial charge in [-0.1, -0.05) is 32.9 Å². The minimum absolute atomic E-state index is 0.0945. The van der Waals surface area contributed by atoms with E-state index >= 15 is 4.39 Å². The van der Waals surface area contributed by atoms with E-state index in [1.165, 1.54) is 29.7 Å². The first-order valence-corrected chi connectivity index (χ1v) is 12.7. The Kier molecular flexibility index (Phi) is 5.74. The van der Waals surface area contributed by atoms with Crippen LogP contribution in [0.1, 0.15) is 25.8 Å². The summed E-state index contributed by atoms with van der Waals surface area (Å²) < 4.78 is 43.3. The third-order valence-corrected chi connectivity index (χ3v) is 8.70. The highest BCUT2D eigenvalue weighted by atomic mass is 32.2. The number of benzene rings is 1. The minimum atomic E-state index is -3.90. The lowest BCUT2D eigenvalue weighted by atomic mass is 9.98. The Morgan fingerprint density at radius 2 is 1.88 bits per heavy atom. The third kappa shape index (κ3) is 4.36. The Hall–Kier alpha value is -2.89. The van der Waals surface area contributed by atoms with Crippen molar-refractivity contribution in [3.8, 4) is 21.8 Å². The molecule has 0 unspecified atom stereocenters. The number of thiophene rings is 1. The normalized spacial score (nSPS) is 12.1. The number of hydrogen-bond acceptors (Lipinski definition) is 8. The summed E-state index contributed by atoms with van der Waals surface area (Å²) in [5.74, 6) is -0.626. The van der Waals surface area contributed by atoms with Crippen LogP contribution in [-0.2, 0) is 15.4 Å². The summed E-state index contributed by atoms with van der Waals surface area (Å²) in [7, 11) is -3.90. The molecule has 0 aliphatic carbocycles. The summed E-state index contributed by atoms with van der Waals surface area (Å²) >= 11 is 2.44. The van der Waals surface area contributed by atoms with Crippen LogP contribution in [0, 0.1) is 5.82 Å². The van der Waals surface area contributed by atoms with Gasteiger partial charge in [-0.15, -0.1) is 22.7 Å². The van der Waals surface area contributed by atoms with Gasteiger partial charge < -0.3 is 5.73 Å². The van der Waals surface area contributed by atoms with Crippen molar-refractivity contribution in [2.24, 2.45) is 0 Å². The summed E-state index contributed by atoms with van der Waals surface area (Å²) in [6, 6.07) is 9.29. The molecule has 0 bridgehead atoms. The van der Waals surface area contributed by atoms with Crippen LogP contribution in [0.4, 0.5) is 16.0 Å². The molecule has 3 aromatic heterocycles. The fourth-order valence-corrected chi connectivity index (χ4v) is 6.06. The van der Waals surface area contributed by atoms with Crippen molar-refractivity contribution in [2.75, 3.05) is 10.5 Å². The SMILES string of the molecule is CC(C)(C)c1nc(-c2cccc(NS(=O)(=O)c3cccs3)c2F)c(-c2ccnc(N)n2)s1. The molecule has 4 aromatic rings. The highest BCUT2D eigenvalue weighted by molar-refractivity contribution is 7.94. The topological polar surface area (TPSA) is 111 Å². The van der Waals surface area contributed by atoms with Gasteiger partial charge in [-0.3, -0.25) is 4.72 Å². The molecule has 7 nitrogen and oxygen atoms in total. The van der Waals surface area contributed by atoms with Crippen molar-refractivity contribution in [1.29, 1.82) is 0 Å². The number of sulfonamides is 1. The Bertz CT molecular complexity index is 1380. The molecule has 4 rings (SSSR count). The molecule has 0 aliphatic heterocycles. The van der Waals surface area contributed by atoms with Gasteiger partial charge in [-0.2, -0.15) is 0 Å². The highest BCUT2D eigenvalue weighted by Gasteiger charge is 2.26. The molecule has 0 radical (unpaired) electrons. The Morgan fingerprint density at radius 1 is 1.09 bits per heavy atom. The van der Waals surface area contributed by atoms with Crippen LogP contribution in [0.2, 0.25) is 0 Å². The van der Waals surface area contributed by atoms with Gasteiger partial charge in [-0.05, 0) is 29.6 Å². The average molecular weight is 490 g/mol. The molecule has 0 fully saturated rings. The van der Waals surface area contributed by atoms with Gasteiger partial charge in [0.25, 0.3) is 10.0 Å². The van der Waals surface area contributed by atoms with Crippen LogP contribution in [-0.4, -0.2) is 23.4 Å². The maximum Gasteiger partial charge on any atom is 0.271 e. The molecule has 0 atom stereocenters. The summed E-state index contributed by atoms with van der Waals surface area (Å²) in [6.45, 7) is 6.03. The van der Waals surface area contributed by atoms with Gasteiger partial charge in [0.1, 0.15) is 4.21 Å². The quantitative estimate of drug-likeness (QED) is 0.401. The van der Waals surface area contributed by atoms with E-state index in [9.17, 15) is 8.42 Å². The largest absolute Gasteiger partial charge is 0.368 e. The Labute approximate surface area is 193 Å². The second kappa shape index (κ2) is 8.23. The van der Waals surface area contributed by atoms with Crippen LogP contribution >= 0.6 is 22.7 Å². The van der Waals surface area contributed by atoms with E-state index in [1.54, 1.807) is 29.6 Å². The van der Waals surface area contributed by atoms with Crippen LogP contribution < -0.4 is 10.5 Å². The van der Waals surface area contributed by atoms with E-state index in [1.807, 2.05) is 20.8 Å². The number of thiazole rings is 1. The first-order chi connectivity index (χ1) is 15.1. The molecule has 11 heteroatoms. The standard InChI is InChI=1S/C21H20FN5O2S3/c1-21(2,3)19-26-17(18(31-19)14-9-10-24-20(23)25-14)12-6-4-7-13(16(12)22)27-32(28,29)15-8-5-11-30-15/h4-11,27H,1-3H3,(H2,23,24,25). The fraction of sp³-hybridized carbons (Fsp3) is 0.190. The summed E-state index contributed by atoms with van der Waals surface area (Å²) in [5, 5.41) is 2.42. The number of hydrogen-bond donors (Lipinski definition) is 2. The number of nitrogens with two attached hydrogens (primary N) is 1. The zero-order valence-electron chi connectivity index (χ0n) is 17.5. The van der Waals surface area contributed by atoms with Gasteiger partial charge in [0, 0.05) is 17.2 Å². The molecule has 0 saturated carbocycles. The maximum absolute atomic E-state index is 15.6. The van der Waals surface area contributed by atoms with Crippen molar-refractivity contribution < 1.29 is 12.8 Å². The molecular formula is C21H20FN5O2S3. The van der Waals surface area contributed by atoms with E-state index in [0.717, 1.165) is 16.3 Å². The zero-order valence-corrected chi connectivity index (χ0v) is 19.9. The molecule has 166 valence electrons. The first-order valence-electron chi connectivity index (χ1n) is 9.51. The zero-order chi connectivity index (χ0) is 23.1. The molecule has 32 heavy (non-hydrogen) atoms.